The Morgan fingerprint density at radius 1 is 0.500 bits per heavy atom. The second-order valence-corrected chi connectivity index (χ2v) is 8.32. The highest BCUT2D eigenvalue weighted by molar-refractivity contribution is 5.83. The Hall–Kier alpha value is -3.68. The SMILES string of the molecule is CC(NC(c1ccccc1)(c1ccccc1)c1ccc2ccccc2c1)c1ccccc1. The Kier molecular flexibility index (Phi) is 5.58. The van der Waals surface area contributed by atoms with Crippen molar-refractivity contribution in [1.29, 1.82) is 0 Å². The second-order valence-electron chi connectivity index (χ2n) is 8.32. The van der Waals surface area contributed by atoms with E-state index >= 15 is 0 Å². The predicted octanol–water partition coefficient (Wildman–Crippen LogP) is 7.48. The first-order chi connectivity index (χ1) is 15.8. The van der Waals surface area contributed by atoms with Crippen molar-refractivity contribution in [1.82, 2.24) is 5.32 Å². The lowest BCUT2D eigenvalue weighted by Gasteiger charge is -2.39. The summed E-state index contributed by atoms with van der Waals surface area (Å²) in [7, 11) is 0. The number of benzene rings is 5. The van der Waals surface area contributed by atoms with Crippen molar-refractivity contribution < 1.29 is 0 Å². The maximum absolute atomic E-state index is 4.06. The second kappa shape index (κ2) is 8.82. The molecule has 156 valence electrons. The summed E-state index contributed by atoms with van der Waals surface area (Å²) in [5, 5.41) is 6.56. The van der Waals surface area contributed by atoms with Crippen molar-refractivity contribution in [3.8, 4) is 0 Å². The van der Waals surface area contributed by atoms with Crippen molar-refractivity contribution >= 4 is 10.8 Å². The zero-order valence-electron chi connectivity index (χ0n) is 18.3. The van der Waals surface area contributed by atoms with Crippen molar-refractivity contribution in [2.75, 3.05) is 0 Å². The third-order valence-corrected chi connectivity index (χ3v) is 6.33. The molecule has 0 spiro atoms. The summed E-state index contributed by atoms with van der Waals surface area (Å²) in [4.78, 5) is 0. The van der Waals surface area contributed by atoms with Gasteiger partial charge in [-0.05, 0) is 46.0 Å². The molecule has 1 unspecified atom stereocenters. The highest BCUT2D eigenvalue weighted by atomic mass is 15.0. The normalized spacial score (nSPS) is 12.5. The summed E-state index contributed by atoms with van der Waals surface area (Å²) in [5.41, 5.74) is 4.45. The van der Waals surface area contributed by atoms with E-state index in [0.717, 1.165) is 0 Å². The van der Waals surface area contributed by atoms with E-state index in [0.29, 0.717) is 0 Å². The topological polar surface area (TPSA) is 12.0 Å². The third kappa shape index (κ3) is 3.72. The van der Waals surface area contributed by atoms with E-state index < -0.39 is 5.54 Å². The number of nitrogens with one attached hydrogen (secondary N) is 1. The molecule has 0 amide bonds. The molecule has 5 rings (SSSR count). The van der Waals surface area contributed by atoms with Crippen LogP contribution in [0.1, 0.15) is 35.2 Å². The van der Waals surface area contributed by atoms with Gasteiger partial charge >= 0.3 is 0 Å². The molecule has 1 atom stereocenters. The summed E-state index contributed by atoms with van der Waals surface area (Å²) in [5.74, 6) is 0. The molecule has 0 bridgehead atoms. The highest BCUT2D eigenvalue weighted by Crippen LogP contribution is 2.40. The van der Waals surface area contributed by atoms with Crippen LogP contribution in [-0.2, 0) is 5.54 Å². The first-order valence-corrected chi connectivity index (χ1v) is 11.2. The van der Waals surface area contributed by atoms with Crippen molar-refractivity contribution in [2.24, 2.45) is 0 Å². The Morgan fingerprint density at radius 2 is 1.00 bits per heavy atom. The number of rotatable bonds is 6. The predicted molar refractivity (Wildman–Crippen MR) is 135 cm³/mol. The van der Waals surface area contributed by atoms with E-state index in [9.17, 15) is 0 Å². The summed E-state index contributed by atoms with van der Waals surface area (Å²) in [6, 6.07) is 47.8. The molecule has 0 aliphatic carbocycles. The fraction of sp³-hybridized carbons (Fsp3) is 0.0968. The van der Waals surface area contributed by atoms with Crippen LogP contribution in [0.3, 0.4) is 0 Å². The quantitative estimate of drug-likeness (QED) is 0.284. The Balaban J connectivity index is 1.77. The first kappa shape index (κ1) is 20.2. The van der Waals surface area contributed by atoms with Gasteiger partial charge in [0.05, 0.1) is 5.54 Å². The van der Waals surface area contributed by atoms with Crippen LogP contribution < -0.4 is 5.32 Å². The lowest BCUT2D eigenvalue weighted by molar-refractivity contribution is 0.415. The standard InChI is InChI=1S/C31H27N/c1-24(25-13-5-2-6-14-25)32-31(28-17-7-3-8-18-28,29-19-9-4-10-20-29)30-22-21-26-15-11-12-16-27(26)23-30/h2-24,32H,1H3. The van der Waals surface area contributed by atoms with Crippen LogP contribution in [0.5, 0.6) is 0 Å². The van der Waals surface area contributed by atoms with E-state index in [1.54, 1.807) is 0 Å². The molecule has 0 radical (unpaired) electrons. The van der Waals surface area contributed by atoms with Crippen molar-refractivity contribution in [3.63, 3.8) is 0 Å². The van der Waals surface area contributed by atoms with Crippen LogP contribution >= 0.6 is 0 Å². The van der Waals surface area contributed by atoms with Crippen molar-refractivity contribution in [2.45, 2.75) is 18.5 Å². The first-order valence-electron chi connectivity index (χ1n) is 11.2. The maximum atomic E-state index is 4.06. The van der Waals surface area contributed by atoms with Gasteiger partial charge in [-0.1, -0.05) is 127 Å². The fourth-order valence-corrected chi connectivity index (χ4v) is 4.70. The van der Waals surface area contributed by atoms with Gasteiger partial charge in [-0.2, -0.15) is 0 Å². The molecule has 5 aromatic rings. The Labute approximate surface area is 190 Å². The van der Waals surface area contributed by atoms with E-state index in [1.807, 2.05) is 0 Å². The number of hydrogen-bond acceptors (Lipinski definition) is 1. The van der Waals surface area contributed by atoms with Gasteiger partial charge < -0.3 is 0 Å². The summed E-state index contributed by atoms with van der Waals surface area (Å²) >= 11 is 0. The van der Waals surface area contributed by atoms with Crippen LogP contribution in [0.4, 0.5) is 0 Å². The number of hydrogen-bond donors (Lipinski definition) is 1. The van der Waals surface area contributed by atoms with Gasteiger partial charge in [0.2, 0.25) is 0 Å². The van der Waals surface area contributed by atoms with Gasteiger partial charge in [0.1, 0.15) is 0 Å². The Morgan fingerprint density at radius 3 is 1.59 bits per heavy atom. The van der Waals surface area contributed by atoms with Gasteiger partial charge in [0.25, 0.3) is 0 Å². The van der Waals surface area contributed by atoms with Gasteiger partial charge in [0, 0.05) is 6.04 Å². The minimum absolute atomic E-state index is 0.142. The third-order valence-electron chi connectivity index (χ3n) is 6.33. The van der Waals surface area contributed by atoms with Crippen LogP contribution in [-0.4, -0.2) is 0 Å². The average molecular weight is 414 g/mol. The maximum Gasteiger partial charge on any atom is 0.0952 e. The van der Waals surface area contributed by atoms with Gasteiger partial charge in [-0.3, -0.25) is 5.32 Å². The molecule has 32 heavy (non-hydrogen) atoms. The van der Waals surface area contributed by atoms with Gasteiger partial charge in [-0.15, -0.1) is 0 Å². The monoisotopic (exact) mass is 413 g/mol. The lowest BCUT2D eigenvalue weighted by atomic mass is 9.75. The summed E-state index contributed by atoms with van der Waals surface area (Å²) in [6.07, 6.45) is 0. The minimum atomic E-state index is -0.498. The average Bonchev–Trinajstić information content (AvgIpc) is 2.88. The smallest absolute Gasteiger partial charge is 0.0952 e. The zero-order chi connectivity index (χ0) is 21.8. The molecule has 0 aromatic heterocycles. The van der Waals surface area contributed by atoms with Crippen LogP contribution in [0.2, 0.25) is 0 Å². The molecule has 0 saturated carbocycles. The van der Waals surface area contributed by atoms with Gasteiger partial charge in [-0.25, -0.2) is 0 Å². The summed E-state index contributed by atoms with van der Waals surface area (Å²) < 4.78 is 0. The minimum Gasteiger partial charge on any atom is -0.293 e. The van der Waals surface area contributed by atoms with Gasteiger partial charge in [0.15, 0.2) is 0 Å². The molecular weight excluding hydrogens is 386 g/mol. The number of fused-ring (bicyclic) bond motifs is 1. The van der Waals surface area contributed by atoms with Crippen molar-refractivity contribution in [3.05, 3.63) is 156 Å². The van der Waals surface area contributed by atoms with E-state index in [1.165, 1.54) is 33.0 Å². The molecule has 1 nitrogen and oxygen atoms in total. The highest BCUT2D eigenvalue weighted by Gasteiger charge is 2.37. The molecule has 1 N–H and O–H groups in total. The molecule has 0 aliphatic heterocycles. The zero-order valence-corrected chi connectivity index (χ0v) is 18.3. The molecule has 0 aliphatic rings. The molecule has 0 saturated heterocycles. The Bertz CT molecular complexity index is 1250. The van der Waals surface area contributed by atoms with E-state index in [-0.39, 0.29) is 6.04 Å². The van der Waals surface area contributed by atoms with E-state index in [4.69, 9.17) is 0 Å². The van der Waals surface area contributed by atoms with Crippen LogP contribution in [0.25, 0.3) is 10.8 Å². The van der Waals surface area contributed by atoms with E-state index in [2.05, 4.69) is 146 Å². The molecule has 5 aromatic carbocycles. The summed E-state index contributed by atoms with van der Waals surface area (Å²) in [6.45, 7) is 2.25. The lowest BCUT2D eigenvalue weighted by Crippen LogP contribution is -2.45. The van der Waals surface area contributed by atoms with Crippen LogP contribution in [0.15, 0.2) is 133 Å². The molecule has 0 heterocycles. The molecule has 1 heteroatoms. The molecular formula is C31H27N. The fourth-order valence-electron chi connectivity index (χ4n) is 4.70. The largest absolute Gasteiger partial charge is 0.293 e. The molecule has 0 fully saturated rings. The van der Waals surface area contributed by atoms with Crippen LogP contribution in [0, 0.1) is 0 Å².